The molecule has 0 aliphatic rings. The Bertz CT molecular complexity index is 1270. The van der Waals surface area contributed by atoms with Gasteiger partial charge in [-0.15, -0.1) is 0 Å². The maximum atomic E-state index is 14.0. The molecule has 0 radical (unpaired) electrons. The van der Waals surface area contributed by atoms with Gasteiger partial charge in [0.25, 0.3) is 0 Å². The number of hydrogen-bond donors (Lipinski definition) is 1. The maximum absolute atomic E-state index is 14.0. The second-order valence-corrected chi connectivity index (χ2v) is 7.49. The van der Waals surface area contributed by atoms with E-state index >= 15 is 0 Å². The highest BCUT2D eigenvalue weighted by molar-refractivity contribution is 6.37. The van der Waals surface area contributed by atoms with Crippen LogP contribution in [0.2, 0.25) is 15.1 Å². The van der Waals surface area contributed by atoms with Crippen LogP contribution in [0.15, 0.2) is 53.5 Å². The number of ether oxygens (including phenoxy) is 2. The minimum atomic E-state index is -0.992. The van der Waals surface area contributed by atoms with Gasteiger partial charge in [0.05, 0.1) is 27.7 Å². The molecule has 0 atom stereocenters. The Morgan fingerprint density at radius 3 is 2.21 bits per heavy atom. The van der Waals surface area contributed by atoms with E-state index in [0.717, 1.165) is 19.2 Å². The Labute approximate surface area is 201 Å². The molecule has 11 heteroatoms. The molecule has 2 amide bonds. The third-order valence-corrected chi connectivity index (χ3v) is 4.98. The van der Waals surface area contributed by atoms with Gasteiger partial charge in [0.2, 0.25) is 5.90 Å². The highest BCUT2D eigenvalue weighted by Crippen LogP contribution is 2.39. The minimum Gasteiger partial charge on any atom is -0.480 e. The van der Waals surface area contributed by atoms with Gasteiger partial charge < -0.3 is 14.8 Å². The van der Waals surface area contributed by atoms with Gasteiger partial charge >= 0.3 is 6.03 Å². The number of anilines is 1. The van der Waals surface area contributed by atoms with Gasteiger partial charge in [-0.05, 0) is 36.4 Å². The van der Waals surface area contributed by atoms with E-state index in [1.165, 1.54) is 36.4 Å². The number of benzene rings is 3. The smallest absolute Gasteiger partial charge is 0.348 e. The summed E-state index contributed by atoms with van der Waals surface area (Å²) in [6.45, 7) is 0. The zero-order valence-electron chi connectivity index (χ0n) is 16.6. The fourth-order valence-corrected chi connectivity index (χ4v) is 3.42. The molecule has 0 aliphatic heterocycles. The molecule has 0 bridgehead atoms. The second kappa shape index (κ2) is 10.5. The van der Waals surface area contributed by atoms with Gasteiger partial charge in [0.15, 0.2) is 5.75 Å². The number of nitrogens with one attached hydrogen (secondary N) is 1. The Hall–Kier alpha value is -3.38. The average Bonchev–Trinajstić information content (AvgIpc) is 2.75. The van der Waals surface area contributed by atoms with E-state index in [0.29, 0.717) is 0 Å². The fraction of sp³-hybridized carbons (Fsp3) is 0.0455. The number of nitrogens with zero attached hydrogens (tertiary/aromatic N) is 2. The number of carbonyl (C=O) groups excluding carboxylic acids is 1. The number of hydrogen-bond acceptors (Lipinski definition) is 4. The molecule has 33 heavy (non-hydrogen) atoms. The van der Waals surface area contributed by atoms with Crippen molar-refractivity contribution in [3.05, 3.63) is 86.4 Å². The summed E-state index contributed by atoms with van der Waals surface area (Å²) in [5, 5.41) is 11.6. The van der Waals surface area contributed by atoms with Crippen molar-refractivity contribution in [2.45, 2.75) is 0 Å². The lowest BCUT2D eigenvalue weighted by Gasteiger charge is -2.12. The van der Waals surface area contributed by atoms with Gasteiger partial charge in [0.1, 0.15) is 29.0 Å². The van der Waals surface area contributed by atoms with Crippen LogP contribution >= 0.6 is 34.8 Å². The van der Waals surface area contributed by atoms with E-state index in [4.69, 9.17) is 49.5 Å². The van der Waals surface area contributed by atoms with Crippen molar-refractivity contribution in [2.75, 3.05) is 12.4 Å². The Kier molecular flexibility index (Phi) is 7.71. The SMILES string of the molecule is CO/C(=N\C(=O)Nc1cc(Cl)c(Oc2ccc(C#N)c(Cl)c2)c(Cl)c1)c1c(F)cccc1F. The fourth-order valence-electron chi connectivity index (χ4n) is 2.65. The molecule has 0 saturated carbocycles. The molecule has 168 valence electrons. The van der Waals surface area contributed by atoms with E-state index in [9.17, 15) is 13.6 Å². The summed E-state index contributed by atoms with van der Waals surface area (Å²) in [4.78, 5) is 15.9. The highest BCUT2D eigenvalue weighted by atomic mass is 35.5. The summed E-state index contributed by atoms with van der Waals surface area (Å²) in [7, 11) is 1.12. The Balaban J connectivity index is 1.82. The summed E-state index contributed by atoms with van der Waals surface area (Å²) in [6.07, 6.45) is 0. The summed E-state index contributed by atoms with van der Waals surface area (Å²) < 4.78 is 38.4. The minimum absolute atomic E-state index is 0.0365. The number of amides is 2. The molecule has 0 unspecified atom stereocenters. The Morgan fingerprint density at radius 1 is 1.03 bits per heavy atom. The molecule has 0 fully saturated rings. The summed E-state index contributed by atoms with van der Waals surface area (Å²) in [6, 6.07) is 11.2. The average molecular weight is 511 g/mol. The van der Waals surface area contributed by atoms with E-state index in [2.05, 4.69) is 10.3 Å². The first-order valence-corrected chi connectivity index (χ1v) is 10.1. The lowest BCUT2D eigenvalue weighted by molar-refractivity contribution is 0.258. The number of rotatable bonds is 4. The molecule has 3 aromatic rings. The van der Waals surface area contributed by atoms with Crippen LogP contribution in [-0.2, 0) is 4.74 Å². The molecular weight excluding hydrogens is 499 g/mol. The summed E-state index contributed by atoms with van der Waals surface area (Å²) >= 11 is 18.5. The molecular formula is C22H12Cl3F2N3O3. The molecule has 1 N–H and O–H groups in total. The zero-order chi connectivity index (χ0) is 24.1. The summed E-state index contributed by atoms with van der Waals surface area (Å²) in [5.41, 5.74) is -0.185. The standard InChI is InChI=1S/C22H12Cl3F2N3O3/c1-32-21(19-17(26)3-2-4-18(19)27)30-22(31)29-12-7-15(24)20(16(25)8-12)33-13-6-5-11(10-28)14(23)9-13/h2-9H,1H3,(H,29,31)/b30-21-. The van der Waals surface area contributed by atoms with Crippen molar-refractivity contribution in [3.63, 3.8) is 0 Å². The van der Waals surface area contributed by atoms with Gasteiger partial charge in [-0.25, -0.2) is 13.6 Å². The third kappa shape index (κ3) is 5.71. The number of urea groups is 1. The van der Waals surface area contributed by atoms with Crippen LogP contribution in [0, 0.1) is 23.0 Å². The van der Waals surface area contributed by atoms with Gasteiger partial charge in [0, 0.05) is 11.8 Å². The first kappa shape index (κ1) is 24.3. The number of nitriles is 1. The molecule has 6 nitrogen and oxygen atoms in total. The van der Waals surface area contributed by atoms with Crippen molar-refractivity contribution in [1.29, 1.82) is 5.26 Å². The number of aliphatic imine (C=N–C) groups is 1. The lowest BCUT2D eigenvalue weighted by atomic mass is 10.2. The van der Waals surface area contributed by atoms with Crippen LogP contribution in [0.5, 0.6) is 11.5 Å². The van der Waals surface area contributed by atoms with Gasteiger partial charge in [-0.1, -0.05) is 40.9 Å². The number of carbonyl (C=O) groups is 1. The van der Waals surface area contributed by atoms with Gasteiger partial charge in [-0.3, -0.25) is 0 Å². The molecule has 0 heterocycles. The van der Waals surface area contributed by atoms with Crippen LogP contribution in [0.1, 0.15) is 11.1 Å². The van der Waals surface area contributed by atoms with Crippen molar-refractivity contribution >= 4 is 52.4 Å². The van der Waals surface area contributed by atoms with E-state index < -0.39 is 29.1 Å². The topological polar surface area (TPSA) is 83.7 Å². The van der Waals surface area contributed by atoms with E-state index in [1.807, 2.05) is 6.07 Å². The molecule has 3 aromatic carbocycles. The van der Waals surface area contributed by atoms with E-state index in [1.54, 1.807) is 0 Å². The van der Waals surface area contributed by atoms with Crippen LogP contribution in [0.4, 0.5) is 19.3 Å². The predicted octanol–water partition coefficient (Wildman–Crippen LogP) is 7.21. The lowest BCUT2D eigenvalue weighted by Crippen LogP contribution is -2.15. The van der Waals surface area contributed by atoms with E-state index in [-0.39, 0.29) is 37.8 Å². The quantitative estimate of drug-likeness (QED) is 0.297. The van der Waals surface area contributed by atoms with Crippen molar-refractivity contribution in [1.82, 2.24) is 0 Å². The zero-order valence-corrected chi connectivity index (χ0v) is 18.9. The monoisotopic (exact) mass is 509 g/mol. The van der Waals surface area contributed by atoms with Crippen molar-refractivity contribution in [2.24, 2.45) is 4.99 Å². The predicted molar refractivity (Wildman–Crippen MR) is 122 cm³/mol. The van der Waals surface area contributed by atoms with Crippen LogP contribution < -0.4 is 10.1 Å². The largest absolute Gasteiger partial charge is 0.480 e. The normalized spacial score (nSPS) is 11.0. The van der Waals surface area contributed by atoms with Gasteiger partial charge in [-0.2, -0.15) is 10.3 Å². The summed E-state index contributed by atoms with van der Waals surface area (Å²) in [5.74, 6) is -2.09. The molecule has 3 rings (SSSR count). The Morgan fingerprint density at radius 2 is 1.67 bits per heavy atom. The van der Waals surface area contributed by atoms with Crippen LogP contribution in [-0.4, -0.2) is 19.0 Å². The van der Waals surface area contributed by atoms with Crippen LogP contribution in [0.25, 0.3) is 0 Å². The first-order valence-electron chi connectivity index (χ1n) is 8.98. The van der Waals surface area contributed by atoms with Crippen molar-refractivity contribution in [3.8, 4) is 17.6 Å². The molecule has 0 saturated heterocycles. The molecule has 0 spiro atoms. The van der Waals surface area contributed by atoms with Crippen LogP contribution in [0.3, 0.4) is 0 Å². The third-order valence-electron chi connectivity index (χ3n) is 4.10. The highest BCUT2D eigenvalue weighted by Gasteiger charge is 2.18. The first-order chi connectivity index (χ1) is 15.7. The number of halogens is 5. The maximum Gasteiger partial charge on any atom is 0.348 e. The van der Waals surface area contributed by atoms with Crippen molar-refractivity contribution < 1.29 is 23.0 Å². The molecule has 0 aliphatic carbocycles. The second-order valence-electron chi connectivity index (χ2n) is 6.27. The molecule has 0 aromatic heterocycles. The number of methoxy groups -OCH3 is 1.